The van der Waals surface area contributed by atoms with E-state index in [0.717, 1.165) is 31.9 Å². The smallest absolute Gasteiger partial charge is 0.133 e. The highest BCUT2D eigenvalue weighted by Gasteiger charge is 2.18. The molecule has 0 aliphatic carbocycles. The summed E-state index contributed by atoms with van der Waals surface area (Å²) in [6, 6.07) is 10.1. The van der Waals surface area contributed by atoms with Crippen molar-refractivity contribution in [2.45, 2.75) is 25.7 Å². The van der Waals surface area contributed by atoms with Gasteiger partial charge in [0.05, 0.1) is 13.2 Å². The third kappa shape index (κ3) is 5.77. The van der Waals surface area contributed by atoms with Crippen LogP contribution in [0, 0.1) is 23.3 Å². The molecule has 1 heterocycles. The van der Waals surface area contributed by atoms with E-state index in [1.54, 1.807) is 0 Å². The largest absolute Gasteiger partial charge is 0.379 e. The van der Waals surface area contributed by atoms with Crippen molar-refractivity contribution in [3.05, 3.63) is 35.9 Å². The Hall–Kier alpha value is -1.52. The molecule has 2 rings (SSSR count). The van der Waals surface area contributed by atoms with Crippen molar-refractivity contribution in [1.82, 2.24) is 4.90 Å². The van der Waals surface area contributed by atoms with E-state index in [4.69, 9.17) is 4.74 Å². The Bertz CT molecular complexity index is 562. The summed E-state index contributed by atoms with van der Waals surface area (Å²) in [5.41, 5.74) is 4.51. The van der Waals surface area contributed by atoms with Gasteiger partial charge in [-0.2, -0.15) is 0 Å². The molecule has 110 valence electrons. The summed E-state index contributed by atoms with van der Waals surface area (Å²) in [5.74, 6) is 10.0. The van der Waals surface area contributed by atoms with E-state index >= 15 is 0 Å². The van der Waals surface area contributed by atoms with Gasteiger partial charge >= 0.3 is 0 Å². The maximum absolute atomic E-state index is 5.43. The van der Waals surface area contributed by atoms with Crippen LogP contribution in [0.1, 0.15) is 5.56 Å². The number of rotatable bonds is 1. The fourth-order valence-corrected chi connectivity index (χ4v) is 2.58. The van der Waals surface area contributed by atoms with Gasteiger partial charge in [-0.1, -0.05) is 55.6 Å². The van der Waals surface area contributed by atoms with Crippen molar-refractivity contribution < 1.29 is 4.74 Å². The van der Waals surface area contributed by atoms with E-state index in [1.807, 2.05) is 30.3 Å². The normalized spacial score (nSPS) is 17.1. The van der Waals surface area contributed by atoms with Gasteiger partial charge in [0.2, 0.25) is 0 Å². The molecule has 1 aromatic carbocycles. The molecule has 0 spiro atoms. The van der Waals surface area contributed by atoms with Crippen LogP contribution < -0.4 is 0 Å². The molecule has 1 atom stereocenters. The zero-order valence-corrected chi connectivity index (χ0v) is 14.1. The minimum atomic E-state index is -1.38. The zero-order chi connectivity index (χ0) is 15.1. The zero-order valence-electron chi connectivity index (χ0n) is 13.1. The lowest BCUT2D eigenvalue weighted by atomic mass is 10.2. The number of benzene rings is 1. The van der Waals surface area contributed by atoms with Crippen LogP contribution in [0.2, 0.25) is 19.6 Å². The van der Waals surface area contributed by atoms with Crippen LogP contribution in [0.5, 0.6) is 0 Å². The first-order chi connectivity index (χ1) is 10.0. The monoisotopic (exact) mass is 297 g/mol. The Labute approximate surface area is 129 Å². The molecule has 1 aliphatic heterocycles. The van der Waals surface area contributed by atoms with Crippen LogP contribution in [0.3, 0.4) is 0 Å². The average molecular weight is 297 g/mol. The molecule has 1 aromatic rings. The molecular formula is C18H23NOSi. The Morgan fingerprint density at radius 2 is 1.71 bits per heavy atom. The summed E-state index contributed by atoms with van der Waals surface area (Å²) in [5, 5.41) is 0. The Morgan fingerprint density at radius 3 is 2.33 bits per heavy atom. The highest BCUT2D eigenvalue weighted by atomic mass is 28.3. The average Bonchev–Trinajstić information content (AvgIpc) is 2.48. The van der Waals surface area contributed by atoms with Crippen LogP contribution in [-0.4, -0.2) is 45.3 Å². The Balaban J connectivity index is 2.19. The quantitative estimate of drug-likeness (QED) is 0.583. The molecule has 1 saturated heterocycles. The second kappa shape index (κ2) is 7.48. The first-order valence-corrected chi connectivity index (χ1v) is 11.0. The molecule has 21 heavy (non-hydrogen) atoms. The number of nitrogens with zero attached hydrogens (tertiary/aromatic N) is 1. The van der Waals surface area contributed by atoms with E-state index in [9.17, 15) is 0 Å². The molecule has 0 N–H and O–H groups in total. The van der Waals surface area contributed by atoms with Crippen molar-refractivity contribution in [3.8, 4) is 23.3 Å². The van der Waals surface area contributed by atoms with Gasteiger partial charge in [0.25, 0.3) is 0 Å². The van der Waals surface area contributed by atoms with Crippen LogP contribution >= 0.6 is 0 Å². The second-order valence-corrected chi connectivity index (χ2v) is 11.0. The third-order valence-electron chi connectivity index (χ3n) is 3.12. The van der Waals surface area contributed by atoms with E-state index in [0.29, 0.717) is 0 Å². The molecule has 0 bridgehead atoms. The van der Waals surface area contributed by atoms with Gasteiger partial charge in [0.15, 0.2) is 0 Å². The first kappa shape index (κ1) is 15.9. The minimum absolute atomic E-state index is 0.0147. The lowest BCUT2D eigenvalue weighted by Crippen LogP contribution is -2.42. The van der Waals surface area contributed by atoms with Crippen molar-refractivity contribution >= 4 is 8.07 Å². The van der Waals surface area contributed by atoms with Crippen LogP contribution in [0.15, 0.2) is 30.3 Å². The number of hydrogen-bond donors (Lipinski definition) is 0. The highest BCUT2D eigenvalue weighted by molar-refractivity contribution is 6.83. The number of ether oxygens (including phenoxy) is 1. The van der Waals surface area contributed by atoms with E-state index in [2.05, 4.69) is 47.8 Å². The van der Waals surface area contributed by atoms with Gasteiger partial charge in [-0.05, 0) is 12.1 Å². The van der Waals surface area contributed by atoms with Gasteiger partial charge in [0, 0.05) is 18.7 Å². The van der Waals surface area contributed by atoms with Gasteiger partial charge in [0.1, 0.15) is 14.1 Å². The maximum Gasteiger partial charge on any atom is 0.133 e. The molecule has 3 heteroatoms. The van der Waals surface area contributed by atoms with Gasteiger partial charge in [-0.3, -0.25) is 4.90 Å². The minimum Gasteiger partial charge on any atom is -0.379 e. The summed E-state index contributed by atoms with van der Waals surface area (Å²) in [7, 11) is -1.38. The summed E-state index contributed by atoms with van der Waals surface area (Å²) < 4.78 is 5.43. The predicted molar refractivity (Wildman–Crippen MR) is 90.6 cm³/mol. The molecule has 0 radical (unpaired) electrons. The lowest BCUT2D eigenvalue weighted by Gasteiger charge is -2.28. The van der Waals surface area contributed by atoms with Crippen molar-refractivity contribution in [2.24, 2.45) is 0 Å². The first-order valence-electron chi connectivity index (χ1n) is 7.46. The summed E-state index contributed by atoms with van der Waals surface area (Å²) in [6.07, 6.45) is 0. The van der Waals surface area contributed by atoms with Crippen LogP contribution in [-0.2, 0) is 4.74 Å². The molecule has 0 saturated carbocycles. The Morgan fingerprint density at radius 1 is 1.05 bits per heavy atom. The van der Waals surface area contributed by atoms with E-state index < -0.39 is 8.07 Å². The molecule has 0 unspecified atom stereocenters. The summed E-state index contributed by atoms with van der Waals surface area (Å²) in [6.45, 7) is 10.2. The van der Waals surface area contributed by atoms with E-state index in [-0.39, 0.29) is 6.04 Å². The number of hydrogen-bond acceptors (Lipinski definition) is 2. The Kier molecular flexibility index (Phi) is 5.64. The van der Waals surface area contributed by atoms with Crippen LogP contribution in [0.25, 0.3) is 0 Å². The SMILES string of the molecule is C[Si](C)(C)C#C[C@@H](C#Cc1ccccc1)N1CCOCC1. The van der Waals surface area contributed by atoms with Crippen molar-refractivity contribution in [1.29, 1.82) is 0 Å². The highest BCUT2D eigenvalue weighted by Crippen LogP contribution is 2.05. The maximum atomic E-state index is 5.43. The van der Waals surface area contributed by atoms with Crippen LogP contribution in [0.4, 0.5) is 0 Å². The number of morpholine rings is 1. The van der Waals surface area contributed by atoms with Crippen molar-refractivity contribution in [3.63, 3.8) is 0 Å². The van der Waals surface area contributed by atoms with Gasteiger partial charge in [-0.15, -0.1) is 5.54 Å². The standard InChI is InChI=1S/C18H23NOSi/c1-21(2,3)16-11-18(19-12-14-20-15-13-19)10-9-17-7-5-4-6-8-17/h4-8,18H,12-15H2,1-3H3/t18-/m1/s1. The second-order valence-electron chi connectivity index (χ2n) is 6.21. The third-order valence-corrected chi connectivity index (χ3v) is 4.02. The summed E-state index contributed by atoms with van der Waals surface area (Å²) in [4.78, 5) is 2.33. The molecule has 1 fully saturated rings. The molecule has 1 aliphatic rings. The van der Waals surface area contributed by atoms with Gasteiger partial charge < -0.3 is 4.74 Å². The van der Waals surface area contributed by atoms with Gasteiger partial charge in [-0.25, -0.2) is 0 Å². The fraction of sp³-hybridized carbons (Fsp3) is 0.444. The lowest BCUT2D eigenvalue weighted by molar-refractivity contribution is 0.0356. The molecular weight excluding hydrogens is 274 g/mol. The topological polar surface area (TPSA) is 12.5 Å². The van der Waals surface area contributed by atoms with E-state index in [1.165, 1.54) is 0 Å². The fourth-order valence-electron chi connectivity index (χ4n) is 2.01. The predicted octanol–water partition coefficient (Wildman–Crippen LogP) is 2.62. The summed E-state index contributed by atoms with van der Waals surface area (Å²) >= 11 is 0. The molecule has 2 nitrogen and oxygen atoms in total. The van der Waals surface area contributed by atoms with Crippen molar-refractivity contribution in [2.75, 3.05) is 26.3 Å². The molecule has 0 amide bonds. The molecule has 0 aromatic heterocycles.